The molecular weight excluding hydrogens is 260 g/mol. The maximum absolute atomic E-state index is 12.1. The average Bonchev–Trinajstić information content (AvgIpc) is 3.28. The van der Waals surface area contributed by atoms with Gasteiger partial charge < -0.3 is 15.2 Å². The van der Waals surface area contributed by atoms with Crippen LogP contribution in [0.1, 0.15) is 12.8 Å². The van der Waals surface area contributed by atoms with Crippen molar-refractivity contribution < 1.29 is 19.4 Å². The van der Waals surface area contributed by atoms with Crippen LogP contribution in [0.3, 0.4) is 0 Å². The molecule has 0 bridgehead atoms. The second-order valence-electron chi connectivity index (χ2n) is 4.86. The minimum Gasteiger partial charge on any atom is -0.497 e. The predicted molar refractivity (Wildman–Crippen MR) is 74.1 cm³/mol. The van der Waals surface area contributed by atoms with Gasteiger partial charge >= 0.3 is 12.0 Å². The zero-order valence-electron chi connectivity index (χ0n) is 11.5. The van der Waals surface area contributed by atoms with Crippen LogP contribution in [-0.2, 0) is 4.79 Å². The van der Waals surface area contributed by atoms with Crippen molar-refractivity contribution in [2.24, 2.45) is 5.92 Å². The van der Waals surface area contributed by atoms with Crippen molar-refractivity contribution in [3.63, 3.8) is 0 Å². The SMILES string of the molecule is COc1ccc(N(C)C(=O)NC(C(=O)O)C2CC2)cc1. The Hall–Kier alpha value is -2.24. The molecule has 0 saturated heterocycles. The van der Waals surface area contributed by atoms with E-state index in [2.05, 4.69) is 5.32 Å². The lowest BCUT2D eigenvalue weighted by molar-refractivity contribution is -0.139. The monoisotopic (exact) mass is 278 g/mol. The van der Waals surface area contributed by atoms with Crippen LogP contribution in [0, 0.1) is 5.92 Å². The molecule has 1 aromatic rings. The molecule has 0 heterocycles. The Kier molecular flexibility index (Phi) is 4.12. The number of hydrogen-bond donors (Lipinski definition) is 2. The summed E-state index contributed by atoms with van der Waals surface area (Å²) < 4.78 is 5.05. The van der Waals surface area contributed by atoms with Crippen LogP contribution in [0.4, 0.5) is 10.5 Å². The number of methoxy groups -OCH3 is 1. The fourth-order valence-electron chi connectivity index (χ4n) is 1.96. The molecule has 1 fully saturated rings. The summed E-state index contributed by atoms with van der Waals surface area (Å²) in [5.74, 6) is -0.228. The van der Waals surface area contributed by atoms with E-state index < -0.39 is 18.0 Å². The largest absolute Gasteiger partial charge is 0.497 e. The number of rotatable bonds is 5. The van der Waals surface area contributed by atoms with Crippen molar-refractivity contribution in [3.8, 4) is 5.75 Å². The molecule has 1 aliphatic rings. The first-order valence-corrected chi connectivity index (χ1v) is 6.44. The van der Waals surface area contributed by atoms with Gasteiger partial charge in [0.1, 0.15) is 11.8 Å². The predicted octanol–water partition coefficient (Wildman–Crippen LogP) is 1.70. The summed E-state index contributed by atoms with van der Waals surface area (Å²) in [5.41, 5.74) is 0.670. The van der Waals surface area contributed by atoms with Gasteiger partial charge in [-0.1, -0.05) is 0 Å². The summed E-state index contributed by atoms with van der Waals surface area (Å²) in [7, 11) is 3.17. The lowest BCUT2D eigenvalue weighted by Gasteiger charge is -2.21. The highest BCUT2D eigenvalue weighted by Gasteiger charge is 2.37. The number of carboxylic acid groups (broad SMARTS) is 1. The van der Waals surface area contributed by atoms with Gasteiger partial charge in [-0.3, -0.25) is 4.90 Å². The van der Waals surface area contributed by atoms with E-state index in [1.54, 1.807) is 38.4 Å². The van der Waals surface area contributed by atoms with E-state index in [0.717, 1.165) is 12.8 Å². The number of ether oxygens (including phenoxy) is 1. The second-order valence-corrected chi connectivity index (χ2v) is 4.86. The molecule has 0 radical (unpaired) electrons. The van der Waals surface area contributed by atoms with Gasteiger partial charge in [-0.25, -0.2) is 9.59 Å². The van der Waals surface area contributed by atoms with E-state index in [0.29, 0.717) is 11.4 Å². The minimum atomic E-state index is -0.982. The van der Waals surface area contributed by atoms with Gasteiger partial charge in [-0.2, -0.15) is 0 Å². The van der Waals surface area contributed by atoms with Gasteiger partial charge in [0.2, 0.25) is 0 Å². The smallest absolute Gasteiger partial charge is 0.326 e. The minimum absolute atomic E-state index is 0.0562. The molecule has 0 spiro atoms. The number of carboxylic acids is 1. The Bertz CT molecular complexity index is 496. The van der Waals surface area contributed by atoms with Gasteiger partial charge in [0.15, 0.2) is 0 Å². The summed E-state index contributed by atoms with van der Waals surface area (Å²) >= 11 is 0. The van der Waals surface area contributed by atoms with Gasteiger partial charge in [-0.05, 0) is 43.0 Å². The van der Waals surface area contributed by atoms with Crippen molar-refractivity contribution in [2.45, 2.75) is 18.9 Å². The number of carbonyl (C=O) groups excluding carboxylic acids is 1. The topological polar surface area (TPSA) is 78.9 Å². The number of benzene rings is 1. The summed E-state index contributed by atoms with van der Waals surface area (Å²) in [6, 6.07) is 5.75. The number of carbonyl (C=O) groups is 2. The molecule has 2 N–H and O–H groups in total. The van der Waals surface area contributed by atoms with E-state index in [1.165, 1.54) is 4.90 Å². The number of nitrogens with zero attached hydrogens (tertiary/aromatic N) is 1. The van der Waals surface area contributed by atoms with Gasteiger partial charge in [0, 0.05) is 12.7 Å². The first kappa shape index (κ1) is 14.2. The lowest BCUT2D eigenvalue weighted by atomic mass is 10.2. The number of hydrogen-bond acceptors (Lipinski definition) is 3. The van der Waals surface area contributed by atoms with E-state index in [1.807, 2.05) is 0 Å². The molecule has 2 amide bonds. The quantitative estimate of drug-likeness (QED) is 0.859. The molecular formula is C14H18N2O4. The molecule has 0 aliphatic heterocycles. The summed E-state index contributed by atoms with van der Waals surface area (Å²) in [5, 5.41) is 11.7. The van der Waals surface area contributed by atoms with E-state index >= 15 is 0 Å². The Morgan fingerprint density at radius 3 is 2.40 bits per heavy atom. The van der Waals surface area contributed by atoms with Crippen molar-refractivity contribution in [3.05, 3.63) is 24.3 Å². The van der Waals surface area contributed by atoms with Crippen LogP contribution in [0.25, 0.3) is 0 Å². The molecule has 1 aromatic carbocycles. The average molecular weight is 278 g/mol. The fraction of sp³-hybridized carbons (Fsp3) is 0.429. The Balaban J connectivity index is 2.01. The summed E-state index contributed by atoms with van der Waals surface area (Å²) in [6.45, 7) is 0. The van der Waals surface area contributed by atoms with Gasteiger partial charge in [0.05, 0.1) is 7.11 Å². The third kappa shape index (κ3) is 3.20. The maximum Gasteiger partial charge on any atom is 0.326 e. The second kappa shape index (κ2) is 5.81. The highest BCUT2D eigenvalue weighted by Crippen LogP contribution is 2.33. The summed E-state index contributed by atoms with van der Waals surface area (Å²) in [4.78, 5) is 24.6. The molecule has 6 heteroatoms. The fourth-order valence-corrected chi connectivity index (χ4v) is 1.96. The zero-order chi connectivity index (χ0) is 14.7. The molecule has 2 rings (SSSR count). The van der Waals surface area contributed by atoms with Crippen LogP contribution >= 0.6 is 0 Å². The van der Waals surface area contributed by atoms with Crippen molar-refractivity contribution in [2.75, 3.05) is 19.1 Å². The number of anilines is 1. The highest BCUT2D eigenvalue weighted by atomic mass is 16.5. The lowest BCUT2D eigenvalue weighted by Crippen LogP contribution is -2.47. The van der Waals surface area contributed by atoms with Crippen LogP contribution in [-0.4, -0.2) is 37.3 Å². The first-order valence-electron chi connectivity index (χ1n) is 6.44. The maximum atomic E-state index is 12.1. The highest BCUT2D eigenvalue weighted by molar-refractivity contribution is 5.94. The molecule has 1 atom stereocenters. The van der Waals surface area contributed by atoms with Crippen LogP contribution < -0.4 is 15.0 Å². The number of aliphatic carboxylic acids is 1. The van der Waals surface area contributed by atoms with Crippen molar-refractivity contribution in [1.82, 2.24) is 5.32 Å². The van der Waals surface area contributed by atoms with Crippen molar-refractivity contribution in [1.29, 1.82) is 0 Å². The molecule has 6 nitrogen and oxygen atoms in total. The third-order valence-corrected chi connectivity index (χ3v) is 3.40. The van der Waals surface area contributed by atoms with E-state index in [-0.39, 0.29) is 5.92 Å². The Morgan fingerprint density at radius 1 is 1.35 bits per heavy atom. The van der Waals surface area contributed by atoms with E-state index in [4.69, 9.17) is 9.84 Å². The van der Waals surface area contributed by atoms with Crippen LogP contribution in [0.2, 0.25) is 0 Å². The van der Waals surface area contributed by atoms with E-state index in [9.17, 15) is 9.59 Å². The zero-order valence-corrected chi connectivity index (χ0v) is 11.5. The molecule has 1 aliphatic carbocycles. The molecule has 1 saturated carbocycles. The standard InChI is InChI=1S/C14H18N2O4/c1-16(10-5-7-11(20-2)8-6-10)14(19)15-12(13(17)18)9-3-4-9/h5-9,12H,3-4H2,1-2H3,(H,15,19)(H,17,18). The molecule has 0 aromatic heterocycles. The molecule has 20 heavy (non-hydrogen) atoms. The first-order chi connectivity index (χ1) is 9.52. The number of urea groups is 1. The number of amides is 2. The third-order valence-electron chi connectivity index (χ3n) is 3.40. The summed E-state index contributed by atoms with van der Waals surface area (Å²) in [6.07, 6.45) is 1.70. The number of nitrogens with one attached hydrogen (secondary N) is 1. The van der Waals surface area contributed by atoms with Gasteiger partial charge in [-0.15, -0.1) is 0 Å². The molecule has 108 valence electrons. The van der Waals surface area contributed by atoms with Crippen LogP contribution in [0.15, 0.2) is 24.3 Å². The Morgan fingerprint density at radius 2 is 1.95 bits per heavy atom. The normalized spacial score (nSPS) is 15.3. The van der Waals surface area contributed by atoms with Crippen LogP contribution in [0.5, 0.6) is 5.75 Å². The molecule has 1 unspecified atom stereocenters. The van der Waals surface area contributed by atoms with Gasteiger partial charge in [0.25, 0.3) is 0 Å². The Labute approximate surface area is 117 Å². The van der Waals surface area contributed by atoms with Crippen molar-refractivity contribution >= 4 is 17.7 Å².